The van der Waals surface area contributed by atoms with E-state index >= 15 is 0 Å². The summed E-state index contributed by atoms with van der Waals surface area (Å²) in [6, 6.07) is 0. The summed E-state index contributed by atoms with van der Waals surface area (Å²) in [6.07, 6.45) is 6.12. The molecular weight excluding hydrogens is 306 g/mol. The fourth-order valence-corrected chi connectivity index (χ4v) is 3.83. The maximum Gasteiger partial charge on any atom is 0.290 e. The first-order valence-corrected chi connectivity index (χ1v) is 9.18. The summed E-state index contributed by atoms with van der Waals surface area (Å²) in [5.41, 5.74) is 0. The van der Waals surface area contributed by atoms with Crippen molar-refractivity contribution in [2.75, 3.05) is 33.3 Å². The molecule has 0 bridgehead atoms. The molecule has 1 amide bonds. The normalized spacial score (nSPS) is 26.4. The van der Waals surface area contributed by atoms with Crippen LogP contribution in [0.1, 0.15) is 61.4 Å². The number of H-pyrrole nitrogens is 1. The lowest BCUT2D eigenvalue weighted by molar-refractivity contribution is -0.0191. The number of amides is 1. The molecule has 2 saturated heterocycles. The Kier molecular flexibility index (Phi) is 5.84. The van der Waals surface area contributed by atoms with Crippen LogP contribution < -0.4 is 5.32 Å². The minimum absolute atomic E-state index is 0.236. The van der Waals surface area contributed by atoms with Crippen molar-refractivity contribution in [2.45, 2.75) is 51.0 Å². The molecule has 134 valence electrons. The lowest BCUT2D eigenvalue weighted by atomic mass is 9.91. The van der Waals surface area contributed by atoms with Gasteiger partial charge in [0.1, 0.15) is 5.82 Å². The van der Waals surface area contributed by atoms with Gasteiger partial charge in [-0.15, -0.1) is 5.10 Å². The predicted molar refractivity (Wildman–Crippen MR) is 90.9 cm³/mol. The van der Waals surface area contributed by atoms with Gasteiger partial charge < -0.3 is 15.0 Å². The van der Waals surface area contributed by atoms with E-state index in [1.54, 1.807) is 7.05 Å². The number of piperidine rings is 1. The Balaban J connectivity index is 1.47. The average Bonchev–Trinajstić information content (AvgIpc) is 3.12. The van der Waals surface area contributed by atoms with Crippen LogP contribution in [-0.2, 0) is 4.74 Å². The molecular formula is C17H29N5O2. The molecule has 2 atom stereocenters. The van der Waals surface area contributed by atoms with Crippen LogP contribution in [0.2, 0.25) is 0 Å². The van der Waals surface area contributed by atoms with Gasteiger partial charge in [-0.25, -0.2) is 4.98 Å². The number of carbonyl (C=O) groups excluding carboxylic acids is 1. The van der Waals surface area contributed by atoms with E-state index in [9.17, 15) is 4.79 Å². The highest BCUT2D eigenvalue weighted by molar-refractivity contribution is 5.89. The summed E-state index contributed by atoms with van der Waals surface area (Å²) in [4.78, 5) is 18.5. The zero-order valence-electron chi connectivity index (χ0n) is 14.8. The van der Waals surface area contributed by atoms with Crippen molar-refractivity contribution in [3.8, 4) is 0 Å². The number of carbonyl (C=O) groups is 1. The Hall–Kier alpha value is -1.47. The molecule has 7 nitrogen and oxygen atoms in total. The molecule has 3 heterocycles. The Morgan fingerprint density at radius 1 is 1.38 bits per heavy atom. The molecule has 1 aromatic rings. The molecule has 24 heavy (non-hydrogen) atoms. The Bertz CT molecular complexity index is 539. The SMILES string of the molecule is CCC1CC(CN2CCC(c3nc(C(=O)NC)n[nH]3)CC2)CCO1. The highest BCUT2D eigenvalue weighted by Gasteiger charge is 2.28. The van der Waals surface area contributed by atoms with Crippen molar-refractivity contribution in [2.24, 2.45) is 5.92 Å². The van der Waals surface area contributed by atoms with E-state index < -0.39 is 0 Å². The Labute approximate surface area is 143 Å². The molecule has 2 aliphatic heterocycles. The van der Waals surface area contributed by atoms with Crippen molar-refractivity contribution >= 4 is 5.91 Å². The number of hydrogen-bond donors (Lipinski definition) is 2. The van der Waals surface area contributed by atoms with Gasteiger partial charge in [0.2, 0.25) is 5.82 Å². The largest absolute Gasteiger partial charge is 0.378 e. The maximum atomic E-state index is 11.6. The minimum Gasteiger partial charge on any atom is -0.378 e. The van der Waals surface area contributed by atoms with Gasteiger partial charge in [-0.05, 0) is 51.1 Å². The number of nitrogens with zero attached hydrogens (tertiary/aromatic N) is 3. The van der Waals surface area contributed by atoms with E-state index in [1.165, 1.54) is 19.4 Å². The molecule has 3 rings (SSSR count). The second-order valence-electron chi connectivity index (χ2n) is 6.99. The number of nitrogens with one attached hydrogen (secondary N) is 2. The van der Waals surface area contributed by atoms with Crippen LogP contribution in [0.4, 0.5) is 0 Å². The third-order valence-corrected chi connectivity index (χ3v) is 5.35. The Morgan fingerprint density at radius 3 is 2.88 bits per heavy atom. The van der Waals surface area contributed by atoms with E-state index in [0.29, 0.717) is 12.0 Å². The zero-order chi connectivity index (χ0) is 16.9. The molecule has 0 spiro atoms. The quantitative estimate of drug-likeness (QED) is 0.853. The molecule has 0 saturated carbocycles. The van der Waals surface area contributed by atoms with Crippen LogP contribution >= 0.6 is 0 Å². The third kappa shape index (κ3) is 4.13. The molecule has 2 fully saturated rings. The van der Waals surface area contributed by atoms with Gasteiger partial charge in [0.25, 0.3) is 5.91 Å². The van der Waals surface area contributed by atoms with Crippen LogP contribution in [0.5, 0.6) is 0 Å². The van der Waals surface area contributed by atoms with Gasteiger partial charge in [0.15, 0.2) is 0 Å². The number of aromatic amines is 1. The maximum absolute atomic E-state index is 11.6. The summed E-state index contributed by atoms with van der Waals surface area (Å²) < 4.78 is 5.78. The first kappa shape index (κ1) is 17.4. The summed E-state index contributed by atoms with van der Waals surface area (Å²) >= 11 is 0. The first-order chi connectivity index (χ1) is 11.7. The highest BCUT2D eigenvalue weighted by atomic mass is 16.5. The standard InChI is InChI=1S/C17H29N5O2/c1-3-14-10-12(6-9-24-14)11-22-7-4-13(5-8-22)15-19-16(21-20-15)17(23)18-2/h12-14H,3-11H2,1-2H3,(H,18,23)(H,19,20,21). The van der Waals surface area contributed by atoms with E-state index in [1.807, 2.05) is 0 Å². The van der Waals surface area contributed by atoms with Crippen molar-refractivity contribution in [3.05, 3.63) is 11.6 Å². The van der Waals surface area contributed by atoms with Crippen molar-refractivity contribution in [1.29, 1.82) is 0 Å². The summed E-state index contributed by atoms with van der Waals surface area (Å²) in [5.74, 6) is 2.00. The van der Waals surface area contributed by atoms with Crippen molar-refractivity contribution in [3.63, 3.8) is 0 Å². The fourth-order valence-electron chi connectivity index (χ4n) is 3.83. The second-order valence-corrected chi connectivity index (χ2v) is 6.99. The fraction of sp³-hybridized carbons (Fsp3) is 0.824. The van der Waals surface area contributed by atoms with Crippen LogP contribution in [0.3, 0.4) is 0 Å². The average molecular weight is 335 g/mol. The van der Waals surface area contributed by atoms with Crippen LogP contribution in [-0.4, -0.2) is 65.4 Å². The Morgan fingerprint density at radius 2 is 2.17 bits per heavy atom. The van der Waals surface area contributed by atoms with Gasteiger partial charge in [-0.1, -0.05) is 6.92 Å². The number of hydrogen-bond acceptors (Lipinski definition) is 5. The van der Waals surface area contributed by atoms with Crippen molar-refractivity contribution < 1.29 is 9.53 Å². The van der Waals surface area contributed by atoms with Crippen LogP contribution in [0, 0.1) is 5.92 Å². The summed E-state index contributed by atoms with van der Waals surface area (Å²) in [6.45, 7) is 6.50. The monoisotopic (exact) mass is 335 g/mol. The van der Waals surface area contributed by atoms with Gasteiger partial charge in [0.05, 0.1) is 6.10 Å². The van der Waals surface area contributed by atoms with Gasteiger partial charge >= 0.3 is 0 Å². The molecule has 0 aliphatic carbocycles. The molecule has 0 aromatic carbocycles. The van der Waals surface area contributed by atoms with E-state index in [2.05, 4.69) is 32.3 Å². The third-order valence-electron chi connectivity index (χ3n) is 5.35. The molecule has 0 radical (unpaired) electrons. The van der Waals surface area contributed by atoms with E-state index in [0.717, 1.165) is 50.7 Å². The van der Waals surface area contributed by atoms with Gasteiger partial charge in [0, 0.05) is 26.1 Å². The highest BCUT2D eigenvalue weighted by Crippen LogP contribution is 2.28. The zero-order valence-corrected chi connectivity index (χ0v) is 14.8. The van der Waals surface area contributed by atoms with Crippen LogP contribution in [0.15, 0.2) is 0 Å². The first-order valence-electron chi connectivity index (χ1n) is 9.18. The summed E-state index contributed by atoms with van der Waals surface area (Å²) in [7, 11) is 1.59. The number of ether oxygens (including phenoxy) is 1. The van der Waals surface area contributed by atoms with E-state index in [4.69, 9.17) is 4.74 Å². The lowest BCUT2D eigenvalue weighted by Gasteiger charge is -2.36. The predicted octanol–water partition coefficient (Wildman–Crippen LogP) is 1.55. The number of rotatable bonds is 5. The van der Waals surface area contributed by atoms with Crippen LogP contribution in [0.25, 0.3) is 0 Å². The van der Waals surface area contributed by atoms with Gasteiger partial charge in [-0.2, -0.15) is 0 Å². The van der Waals surface area contributed by atoms with Gasteiger partial charge in [-0.3, -0.25) is 9.89 Å². The molecule has 2 unspecified atom stereocenters. The topological polar surface area (TPSA) is 83.1 Å². The smallest absolute Gasteiger partial charge is 0.290 e. The molecule has 7 heteroatoms. The lowest BCUT2D eigenvalue weighted by Crippen LogP contribution is -2.39. The molecule has 2 aliphatic rings. The van der Waals surface area contributed by atoms with Crippen molar-refractivity contribution in [1.82, 2.24) is 25.4 Å². The second kappa shape index (κ2) is 8.07. The number of aromatic nitrogens is 3. The van der Waals surface area contributed by atoms with E-state index in [-0.39, 0.29) is 11.7 Å². The number of likely N-dealkylation sites (tertiary alicyclic amines) is 1. The molecule has 2 N–H and O–H groups in total. The minimum atomic E-state index is -0.236. The summed E-state index contributed by atoms with van der Waals surface area (Å²) in [5, 5.41) is 9.52. The molecule has 1 aromatic heterocycles.